The summed E-state index contributed by atoms with van der Waals surface area (Å²) in [7, 11) is 0. The van der Waals surface area contributed by atoms with Crippen molar-refractivity contribution in [2.75, 3.05) is 0 Å². The molecule has 0 aromatic carbocycles. The van der Waals surface area contributed by atoms with E-state index in [2.05, 4.69) is 4.98 Å². The van der Waals surface area contributed by atoms with Crippen LogP contribution in [-0.4, -0.2) is 9.55 Å². The lowest BCUT2D eigenvalue weighted by Crippen LogP contribution is -1.95. The fourth-order valence-electron chi connectivity index (χ4n) is 0.731. The van der Waals surface area contributed by atoms with Crippen LogP contribution >= 0.6 is 0 Å². The van der Waals surface area contributed by atoms with E-state index in [1.165, 1.54) is 0 Å². The lowest BCUT2D eigenvalue weighted by molar-refractivity contribution is 0.476. The number of rotatable bonds is 2. The highest BCUT2D eigenvalue weighted by atomic mass is 19.1. The second-order valence-electron chi connectivity index (χ2n) is 2.54. The zero-order valence-corrected chi connectivity index (χ0v) is 6.21. The molecule has 0 bridgehead atoms. The van der Waals surface area contributed by atoms with Gasteiger partial charge in [-0.2, -0.15) is 0 Å². The minimum atomic E-state index is -0.472. The van der Waals surface area contributed by atoms with E-state index in [9.17, 15) is 4.39 Å². The highest BCUT2D eigenvalue weighted by Gasteiger charge is 1.99. The molecule has 0 saturated carbocycles. The summed E-state index contributed by atoms with van der Waals surface area (Å²) in [5.41, 5.74) is 0.508. The summed E-state index contributed by atoms with van der Waals surface area (Å²) in [6.45, 7) is 3.59. The van der Waals surface area contributed by atoms with E-state index in [0.29, 0.717) is 11.7 Å². The maximum absolute atomic E-state index is 11.9. The molecular formula is C7H11FN2. The van der Waals surface area contributed by atoms with Gasteiger partial charge in [0.2, 0.25) is 0 Å². The van der Waals surface area contributed by atoms with Crippen molar-refractivity contribution in [2.45, 2.75) is 26.6 Å². The monoisotopic (exact) mass is 142 g/mol. The molecule has 0 atom stereocenters. The summed E-state index contributed by atoms with van der Waals surface area (Å²) < 4.78 is 13.8. The molecule has 1 heterocycles. The molecule has 0 aliphatic heterocycles. The first-order valence-corrected chi connectivity index (χ1v) is 3.32. The minimum Gasteiger partial charge on any atom is -0.335 e. The lowest BCUT2D eigenvalue weighted by Gasteiger charge is -2.03. The van der Waals surface area contributed by atoms with Gasteiger partial charge in [0.15, 0.2) is 0 Å². The van der Waals surface area contributed by atoms with Gasteiger partial charge >= 0.3 is 0 Å². The Kier molecular flexibility index (Phi) is 2.04. The fourth-order valence-corrected chi connectivity index (χ4v) is 0.731. The molecule has 2 nitrogen and oxygen atoms in total. The van der Waals surface area contributed by atoms with Gasteiger partial charge in [0.05, 0.1) is 12.0 Å². The van der Waals surface area contributed by atoms with E-state index in [4.69, 9.17) is 0 Å². The van der Waals surface area contributed by atoms with Crippen molar-refractivity contribution >= 4 is 0 Å². The van der Waals surface area contributed by atoms with Gasteiger partial charge < -0.3 is 4.57 Å². The van der Waals surface area contributed by atoms with Gasteiger partial charge in [-0.3, -0.25) is 0 Å². The van der Waals surface area contributed by atoms with Gasteiger partial charge in [0, 0.05) is 12.2 Å². The van der Waals surface area contributed by atoms with Crippen molar-refractivity contribution in [3.05, 3.63) is 18.2 Å². The number of aromatic nitrogens is 2. The number of nitrogens with zero attached hydrogens (tertiary/aromatic N) is 2. The zero-order valence-electron chi connectivity index (χ0n) is 6.21. The topological polar surface area (TPSA) is 17.8 Å². The van der Waals surface area contributed by atoms with Crippen LogP contribution in [0.2, 0.25) is 0 Å². The molecule has 1 rings (SSSR count). The predicted octanol–water partition coefficient (Wildman–Crippen LogP) is 1.93. The van der Waals surface area contributed by atoms with Crippen LogP contribution in [0.3, 0.4) is 0 Å². The van der Waals surface area contributed by atoms with Crippen LogP contribution in [0.5, 0.6) is 0 Å². The number of imidazole rings is 1. The average Bonchev–Trinajstić information content (AvgIpc) is 2.34. The van der Waals surface area contributed by atoms with Crippen molar-refractivity contribution in [2.24, 2.45) is 0 Å². The molecule has 0 amide bonds. The second kappa shape index (κ2) is 2.82. The SMILES string of the molecule is CC(C)n1cnc(CF)c1. The third-order valence-corrected chi connectivity index (χ3v) is 1.39. The summed E-state index contributed by atoms with van der Waals surface area (Å²) in [6.07, 6.45) is 3.38. The number of hydrogen-bond acceptors (Lipinski definition) is 1. The first kappa shape index (κ1) is 7.25. The smallest absolute Gasteiger partial charge is 0.133 e. The first-order valence-electron chi connectivity index (χ1n) is 3.32. The van der Waals surface area contributed by atoms with Crippen molar-refractivity contribution < 1.29 is 4.39 Å². The Bertz CT molecular complexity index is 205. The molecule has 0 N–H and O–H groups in total. The molecule has 56 valence electrons. The quantitative estimate of drug-likeness (QED) is 0.617. The molecule has 0 unspecified atom stereocenters. The fraction of sp³-hybridized carbons (Fsp3) is 0.571. The van der Waals surface area contributed by atoms with Gasteiger partial charge in [0.1, 0.15) is 6.67 Å². The Balaban J connectivity index is 2.78. The van der Waals surface area contributed by atoms with E-state index in [1.54, 1.807) is 12.5 Å². The largest absolute Gasteiger partial charge is 0.335 e. The highest BCUT2D eigenvalue weighted by Crippen LogP contribution is 2.05. The highest BCUT2D eigenvalue weighted by molar-refractivity contribution is 4.95. The van der Waals surface area contributed by atoms with Gasteiger partial charge in [-0.15, -0.1) is 0 Å². The third-order valence-electron chi connectivity index (χ3n) is 1.39. The Morgan fingerprint density at radius 2 is 2.40 bits per heavy atom. The van der Waals surface area contributed by atoms with Crippen LogP contribution in [0.15, 0.2) is 12.5 Å². The van der Waals surface area contributed by atoms with Crippen LogP contribution in [0.4, 0.5) is 4.39 Å². The van der Waals surface area contributed by atoms with E-state index >= 15 is 0 Å². The Labute approximate surface area is 59.7 Å². The van der Waals surface area contributed by atoms with E-state index in [-0.39, 0.29) is 0 Å². The third kappa shape index (κ3) is 1.35. The van der Waals surface area contributed by atoms with Crippen molar-refractivity contribution in [3.63, 3.8) is 0 Å². The normalized spacial score (nSPS) is 10.8. The summed E-state index contributed by atoms with van der Waals surface area (Å²) in [4.78, 5) is 3.84. The number of alkyl halides is 1. The Morgan fingerprint density at radius 1 is 1.70 bits per heavy atom. The average molecular weight is 142 g/mol. The zero-order chi connectivity index (χ0) is 7.56. The summed E-state index contributed by atoms with van der Waals surface area (Å²) in [6, 6.07) is 0.368. The summed E-state index contributed by atoms with van der Waals surface area (Å²) in [5.74, 6) is 0. The van der Waals surface area contributed by atoms with Crippen LogP contribution < -0.4 is 0 Å². The van der Waals surface area contributed by atoms with Gasteiger partial charge in [-0.1, -0.05) is 0 Å². The summed E-state index contributed by atoms with van der Waals surface area (Å²) in [5, 5.41) is 0. The van der Waals surface area contributed by atoms with E-state index in [0.717, 1.165) is 0 Å². The molecule has 1 aromatic rings. The number of halogens is 1. The minimum absolute atomic E-state index is 0.368. The Morgan fingerprint density at radius 3 is 2.70 bits per heavy atom. The van der Waals surface area contributed by atoms with Gasteiger partial charge in [-0.05, 0) is 13.8 Å². The molecule has 1 aromatic heterocycles. The molecule has 0 aliphatic rings. The Hall–Kier alpha value is -0.860. The van der Waals surface area contributed by atoms with Crippen LogP contribution in [0, 0.1) is 0 Å². The van der Waals surface area contributed by atoms with Crippen LogP contribution in [0.1, 0.15) is 25.6 Å². The standard InChI is InChI=1S/C7H11FN2/c1-6(2)10-4-7(3-8)9-5-10/h4-6H,3H2,1-2H3. The molecule has 3 heteroatoms. The predicted molar refractivity (Wildman–Crippen MR) is 37.4 cm³/mol. The van der Waals surface area contributed by atoms with Crippen LogP contribution in [-0.2, 0) is 6.67 Å². The second-order valence-corrected chi connectivity index (χ2v) is 2.54. The molecule has 0 spiro atoms. The lowest BCUT2D eigenvalue weighted by atomic mass is 10.4. The maximum Gasteiger partial charge on any atom is 0.133 e. The molecule has 0 fully saturated rings. The molecule has 0 radical (unpaired) electrons. The molecule has 0 saturated heterocycles. The first-order chi connectivity index (χ1) is 4.74. The van der Waals surface area contributed by atoms with Crippen molar-refractivity contribution in [1.82, 2.24) is 9.55 Å². The van der Waals surface area contributed by atoms with Crippen molar-refractivity contribution in [3.8, 4) is 0 Å². The van der Waals surface area contributed by atoms with E-state index in [1.807, 2.05) is 18.4 Å². The summed E-state index contributed by atoms with van der Waals surface area (Å²) >= 11 is 0. The molecule has 0 aliphatic carbocycles. The molecule has 10 heavy (non-hydrogen) atoms. The maximum atomic E-state index is 11.9. The van der Waals surface area contributed by atoms with Gasteiger partial charge in [-0.25, -0.2) is 9.37 Å². The number of hydrogen-bond donors (Lipinski definition) is 0. The van der Waals surface area contributed by atoms with Gasteiger partial charge in [0.25, 0.3) is 0 Å². The van der Waals surface area contributed by atoms with Crippen LogP contribution in [0.25, 0.3) is 0 Å². The van der Waals surface area contributed by atoms with E-state index < -0.39 is 6.67 Å². The molecular weight excluding hydrogens is 131 g/mol. The van der Waals surface area contributed by atoms with Crippen molar-refractivity contribution in [1.29, 1.82) is 0 Å².